The minimum absolute atomic E-state index is 0.502. The molecule has 1 fully saturated rings. The van der Waals surface area contributed by atoms with E-state index < -0.39 is 0 Å². The molecule has 35 heavy (non-hydrogen) atoms. The number of piperidine rings is 1. The molecule has 5 rings (SSSR count). The lowest BCUT2D eigenvalue weighted by Gasteiger charge is -2.26. The van der Waals surface area contributed by atoms with Gasteiger partial charge in [-0.2, -0.15) is 5.26 Å². The zero-order valence-electron chi connectivity index (χ0n) is 20.1. The zero-order chi connectivity index (χ0) is 24.0. The van der Waals surface area contributed by atoms with Crippen LogP contribution in [0.3, 0.4) is 0 Å². The number of nitrogens with zero attached hydrogens (tertiary/aromatic N) is 4. The van der Waals surface area contributed by atoms with Gasteiger partial charge in [-0.05, 0) is 86.8 Å². The number of hydrogen-bond donors (Lipinski definition) is 2. The topological polar surface area (TPSA) is 80.6 Å². The number of nitriles is 1. The third-order valence-electron chi connectivity index (χ3n) is 6.81. The third-order valence-corrected chi connectivity index (χ3v) is 6.81. The first kappa shape index (κ1) is 22.8. The fourth-order valence-corrected chi connectivity index (χ4v) is 4.71. The summed E-state index contributed by atoms with van der Waals surface area (Å²) in [5, 5.41) is 14.4. The van der Waals surface area contributed by atoms with E-state index in [-0.39, 0.29) is 0 Å². The average Bonchev–Trinajstić information content (AvgIpc) is 3.39. The van der Waals surface area contributed by atoms with E-state index in [0.29, 0.717) is 5.56 Å². The minimum Gasteiger partial charge on any atom is -0.361 e. The number of aromatic amines is 1. The molecule has 6 heteroatoms. The molecule has 0 spiro atoms. The number of aryl methyl sites for hydroxylation is 1. The Kier molecular flexibility index (Phi) is 6.87. The molecule has 0 atom stereocenters. The van der Waals surface area contributed by atoms with Crippen LogP contribution in [0.1, 0.15) is 47.2 Å². The molecule has 4 aromatic rings. The van der Waals surface area contributed by atoms with Crippen molar-refractivity contribution in [1.29, 1.82) is 5.26 Å². The van der Waals surface area contributed by atoms with Crippen LogP contribution in [-0.4, -0.2) is 39.5 Å². The summed E-state index contributed by atoms with van der Waals surface area (Å²) in [6.45, 7) is 5.63. The molecule has 0 amide bonds. The maximum atomic E-state index is 9.71. The molecule has 0 radical (unpaired) electrons. The van der Waals surface area contributed by atoms with Crippen LogP contribution in [0.15, 0.2) is 55.1 Å². The van der Waals surface area contributed by atoms with Crippen molar-refractivity contribution >= 4 is 34.4 Å². The molecule has 3 aromatic heterocycles. The first-order valence-electron chi connectivity index (χ1n) is 12.3. The Morgan fingerprint density at radius 3 is 2.74 bits per heavy atom. The predicted octanol–water partition coefficient (Wildman–Crippen LogP) is 6.08. The number of likely N-dealkylation sites (tertiary alicyclic amines) is 1. The third kappa shape index (κ3) is 5.26. The number of hydrogen-bond acceptors (Lipinski definition) is 5. The summed E-state index contributed by atoms with van der Waals surface area (Å²) < 4.78 is 0. The maximum absolute atomic E-state index is 9.71. The van der Waals surface area contributed by atoms with Gasteiger partial charge >= 0.3 is 0 Å². The summed E-state index contributed by atoms with van der Waals surface area (Å²) in [5.74, 6) is 0. The van der Waals surface area contributed by atoms with Crippen molar-refractivity contribution in [2.75, 3.05) is 25.0 Å². The molecule has 0 bridgehead atoms. The molecule has 0 unspecified atom stereocenters. The molecule has 4 heterocycles. The van der Waals surface area contributed by atoms with Crippen LogP contribution < -0.4 is 5.32 Å². The summed E-state index contributed by atoms with van der Waals surface area (Å²) >= 11 is 0. The highest BCUT2D eigenvalue weighted by atomic mass is 15.1. The van der Waals surface area contributed by atoms with E-state index in [4.69, 9.17) is 0 Å². The van der Waals surface area contributed by atoms with Gasteiger partial charge in [0.05, 0.1) is 16.9 Å². The highest BCUT2D eigenvalue weighted by molar-refractivity contribution is 5.90. The van der Waals surface area contributed by atoms with E-state index >= 15 is 0 Å². The van der Waals surface area contributed by atoms with Gasteiger partial charge in [-0.3, -0.25) is 9.97 Å². The van der Waals surface area contributed by atoms with E-state index in [1.165, 1.54) is 37.9 Å². The summed E-state index contributed by atoms with van der Waals surface area (Å²) in [5.41, 5.74) is 7.41. The summed E-state index contributed by atoms with van der Waals surface area (Å²) in [4.78, 5) is 14.7. The second-order valence-corrected chi connectivity index (χ2v) is 9.14. The largest absolute Gasteiger partial charge is 0.361 e. The standard InChI is InChI=1S/C29H30N6/c1-21-26-11-13-32-28(26)10-9-27(21)34-29-23(19-31-20-24(29)17-30)6-8-25-7-5-22(18-33-25)12-16-35-14-3-2-4-15-35/h5-11,13,18-20,32H,2-4,12,14-16H2,1H3,(H,31,34). The van der Waals surface area contributed by atoms with E-state index in [1.807, 2.05) is 36.7 Å². The Morgan fingerprint density at radius 2 is 1.94 bits per heavy atom. The summed E-state index contributed by atoms with van der Waals surface area (Å²) in [6.07, 6.45) is 16.3. The second-order valence-electron chi connectivity index (χ2n) is 9.14. The maximum Gasteiger partial charge on any atom is 0.103 e. The first-order chi connectivity index (χ1) is 17.2. The molecule has 176 valence electrons. The molecule has 0 saturated carbocycles. The highest BCUT2D eigenvalue weighted by Gasteiger charge is 2.12. The lowest BCUT2D eigenvalue weighted by atomic mass is 10.1. The number of aromatic nitrogens is 3. The molecule has 1 aliphatic rings. The molecule has 6 nitrogen and oxygen atoms in total. The van der Waals surface area contributed by atoms with Crippen molar-refractivity contribution in [2.45, 2.75) is 32.6 Å². The van der Waals surface area contributed by atoms with Crippen molar-refractivity contribution < 1.29 is 0 Å². The Morgan fingerprint density at radius 1 is 1.06 bits per heavy atom. The number of pyridine rings is 2. The Labute approximate surface area is 206 Å². The fourth-order valence-electron chi connectivity index (χ4n) is 4.71. The Bertz CT molecular complexity index is 1370. The van der Waals surface area contributed by atoms with Gasteiger partial charge in [-0.15, -0.1) is 0 Å². The van der Waals surface area contributed by atoms with Crippen LogP contribution in [-0.2, 0) is 6.42 Å². The zero-order valence-corrected chi connectivity index (χ0v) is 20.1. The molecule has 1 aromatic carbocycles. The van der Waals surface area contributed by atoms with Crippen LogP contribution in [0, 0.1) is 18.3 Å². The van der Waals surface area contributed by atoms with E-state index in [9.17, 15) is 5.26 Å². The number of H-pyrrole nitrogens is 1. The Hall–Kier alpha value is -3.95. The van der Waals surface area contributed by atoms with Gasteiger partial charge in [0.2, 0.25) is 0 Å². The van der Waals surface area contributed by atoms with Crippen molar-refractivity contribution in [3.8, 4) is 6.07 Å². The Balaban J connectivity index is 1.33. The van der Waals surface area contributed by atoms with Crippen LogP contribution in [0.5, 0.6) is 0 Å². The van der Waals surface area contributed by atoms with Gasteiger partial charge < -0.3 is 15.2 Å². The number of nitrogens with one attached hydrogen (secondary N) is 2. The van der Waals surface area contributed by atoms with Gasteiger partial charge in [0.25, 0.3) is 0 Å². The van der Waals surface area contributed by atoms with Crippen molar-refractivity contribution in [3.63, 3.8) is 0 Å². The number of rotatable bonds is 7. The van der Waals surface area contributed by atoms with E-state index in [0.717, 1.165) is 52.1 Å². The number of anilines is 2. The lowest BCUT2D eigenvalue weighted by Crippen LogP contribution is -2.31. The molecule has 0 aliphatic carbocycles. The number of fused-ring (bicyclic) bond motifs is 1. The minimum atomic E-state index is 0.502. The molecule has 2 N–H and O–H groups in total. The predicted molar refractivity (Wildman–Crippen MR) is 142 cm³/mol. The van der Waals surface area contributed by atoms with E-state index in [2.05, 4.69) is 56.4 Å². The summed E-state index contributed by atoms with van der Waals surface area (Å²) in [6, 6.07) is 12.6. The first-order valence-corrected chi connectivity index (χ1v) is 12.3. The molecule has 1 aliphatic heterocycles. The van der Waals surface area contributed by atoms with Crippen molar-refractivity contribution in [3.05, 3.63) is 83.1 Å². The summed E-state index contributed by atoms with van der Waals surface area (Å²) in [7, 11) is 0. The normalized spacial score (nSPS) is 14.4. The smallest absolute Gasteiger partial charge is 0.103 e. The van der Waals surface area contributed by atoms with Crippen LogP contribution in [0.4, 0.5) is 11.4 Å². The monoisotopic (exact) mass is 462 g/mol. The fraction of sp³-hybridized carbons (Fsp3) is 0.276. The van der Waals surface area contributed by atoms with Crippen molar-refractivity contribution in [1.82, 2.24) is 19.9 Å². The molecular weight excluding hydrogens is 432 g/mol. The average molecular weight is 463 g/mol. The van der Waals surface area contributed by atoms with Gasteiger partial charge in [0.1, 0.15) is 6.07 Å². The lowest BCUT2D eigenvalue weighted by molar-refractivity contribution is 0.231. The molecule has 1 saturated heterocycles. The quantitative estimate of drug-likeness (QED) is 0.348. The van der Waals surface area contributed by atoms with Gasteiger partial charge in [0, 0.05) is 53.5 Å². The van der Waals surface area contributed by atoms with E-state index in [1.54, 1.807) is 12.4 Å². The SMILES string of the molecule is Cc1c(Nc2c(C#N)cncc2C=Cc2ccc(CCN3CCCCC3)cn2)ccc2[nH]ccc12. The number of benzene rings is 1. The van der Waals surface area contributed by atoms with Gasteiger partial charge in [-0.25, -0.2) is 0 Å². The second kappa shape index (κ2) is 10.5. The van der Waals surface area contributed by atoms with Crippen LogP contribution in [0.2, 0.25) is 0 Å². The molecular formula is C29H30N6. The van der Waals surface area contributed by atoms with Gasteiger partial charge in [0.15, 0.2) is 0 Å². The van der Waals surface area contributed by atoms with Crippen LogP contribution in [0.25, 0.3) is 23.1 Å². The van der Waals surface area contributed by atoms with Crippen LogP contribution >= 0.6 is 0 Å². The van der Waals surface area contributed by atoms with Gasteiger partial charge in [-0.1, -0.05) is 12.5 Å². The highest BCUT2D eigenvalue weighted by Crippen LogP contribution is 2.31. The van der Waals surface area contributed by atoms with Crippen molar-refractivity contribution in [2.24, 2.45) is 0 Å².